The molecule has 0 heterocycles. The predicted molar refractivity (Wildman–Crippen MR) is 29.6 cm³/mol. The van der Waals surface area contributed by atoms with Gasteiger partial charge in [0.25, 0.3) is 0 Å². The minimum absolute atomic E-state index is 0. The molecule has 0 aromatic heterocycles. The number of hydrogen-bond acceptors (Lipinski definition) is 3. The van der Waals surface area contributed by atoms with Crippen LogP contribution < -0.4 is 40.4 Å². The molecule has 0 saturated carbocycles. The summed E-state index contributed by atoms with van der Waals surface area (Å²) in [7, 11) is 1.40. The van der Waals surface area contributed by atoms with Gasteiger partial charge >= 0.3 is 29.6 Å². The summed E-state index contributed by atoms with van der Waals surface area (Å²) < 4.78 is 0. The van der Waals surface area contributed by atoms with Crippen LogP contribution in [0.2, 0.25) is 0 Å². The number of carbonyl (C=O) groups excluding carboxylic acids is 1. The smallest absolute Gasteiger partial charge is 0.548 e. The number of nitrogens with zero attached hydrogens (tertiary/aromatic N) is 1. The van der Waals surface area contributed by atoms with Crippen LogP contribution in [0.1, 0.15) is 0 Å². The first kappa shape index (κ1) is 12.4. The van der Waals surface area contributed by atoms with Crippen molar-refractivity contribution in [3.63, 3.8) is 0 Å². The van der Waals surface area contributed by atoms with Gasteiger partial charge in [-0.1, -0.05) is 0 Å². The summed E-state index contributed by atoms with van der Waals surface area (Å²) in [6.07, 6.45) is 0. The summed E-state index contributed by atoms with van der Waals surface area (Å²) in [6, 6.07) is 0. The first-order chi connectivity index (χ1) is 4.04. The van der Waals surface area contributed by atoms with Crippen molar-refractivity contribution in [2.75, 3.05) is 13.6 Å². The number of rotatable bonds is 2. The fourth-order valence-corrected chi connectivity index (χ4v) is 0.279. The topological polar surface area (TPSA) is 93.2 Å². The molecule has 0 spiro atoms. The Bertz CT molecular complexity index is 138. The number of likely N-dealkylation sites (N-methyl/N-ethyl adjacent to an activating group) is 1. The van der Waals surface area contributed by atoms with Gasteiger partial charge in [-0.2, -0.15) is 0 Å². The maximum absolute atomic E-state index is 9.81. The van der Waals surface area contributed by atoms with Crippen molar-refractivity contribution in [3.8, 4) is 0 Å². The molecule has 0 unspecified atom stereocenters. The van der Waals surface area contributed by atoms with Gasteiger partial charge in [0.2, 0.25) is 0 Å². The molecule has 0 aliphatic carbocycles. The largest absolute Gasteiger partial charge is 1.00 e. The van der Waals surface area contributed by atoms with E-state index < -0.39 is 5.97 Å². The molecular weight excluding hydrogens is 145 g/mol. The summed E-state index contributed by atoms with van der Waals surface area (Å²) in [5.74, 6) is -1.52. The van der Waals surface area contributed by atoms with Gasteiger partial charge in [0.1, 0.15) is 0 Å². The molecule has 52 valence electrons. The van der Waals surface area contributed by atoms with E-state index in [0.717, 1.165) is 4.90 Å². The second-order valence-electron chi connectivity index (χ2n) is 1.61. The Labute approximate surface area is 81.0 Å². The van der Waals surface area contributed by atoms with Crippen LogP contribution in [0.25, 0.3) is 0 Å². The molecule has 0 aliphatic rings. The number of nitrogens with two attached hydrogens (primary N) is 1. The first-order valence-corrected chi connectivity index (χ1v) is 2.29. The van der Waals surface area contributed by atoms with Crippen LogP contribution in [-0.2, 0) is 4.79 Å². The second-order valence-corrected chi connectivity index (χ2v) is 1.61. The van der Waals surface area contributed by atoms with E-state index in [1.165, 1.54) is 7.05 Å². The van der Waals surface area contributed by atoms with Gasteiger partial charge in [0.05, 0.1) is 12.5 Å². The van der Waals surface area contributed by atoms with Crippen molar-refractivity contribution >= 4 is 11.9 Å². The van der Waals surface area contributed by atoms with Crippen LogP contribution in [0, 0.1) is 5.41 Å². The molecule has 0 aromatic carbocycles. The number of carbonyl (C=O) groups is 1. The van der Waals surface area contributed by atoms with Gasteiger partial charge in [-0.05, 0) is 0 Å². The molecule has 0 atom stereocenters. The number of guanidine groups is 1. The van der Waals surface area contributed by atoms with Crippen LogP contribution in [0.3, 0.4) is 0 Å². The Morgan fingerprint density at radius 3 is 2.30 bits per heavy atom. The maximum Gasteiger partial charge on any atom is 1.00 e. The molecule has 0 bridgehead atoms. The van der Waals surface area contributed by atoms with Gasteiger partial charge in [0, 0.05) is 7.05 Å². The van der Waals surface area contributed by atoms with Gasteiger partial charge in [-0.25, -0.2) is 0 Å². The number of carboxylic acid groups (broad SMARTS) is 1. The summed E-state index contributed by atoms with van der Waals surface area (Å²) >= 11 is 0. The molecule has 0 rings (SSSR count). The predicted octanol–water partition coefficient (Wildman–Crippen LogP) is -5.43. The van der Waals surface area contributed by atoms with Crippen LogP contribution in [0.15, 0.2) is 0 Å². The Kier molecular flexibility index (Phi) is 6.85. The van der Waals surface area contributed by atoms with Crippen LogP contribution in [0.4, 0.5) is 0 Å². The minimum Gasteiger partial charge on any atom is -0.548 e. The molecule has 5 nitrogen and oxygen atoms in total. The normalized spacial score (nSPS) is 7.70. The Morgan fingerprint density at radius 2 is 2.20 bits per heavy atom. The first-order valence-electron chi connectivity index (χ1n) is 2.29. The van der Waals surface area contributed by atoms with Gasteiger partial charge in [-0.3, -0.25) is 5.41 Å². The maximum atomic E-state index is 9.81. The van der Waals surface area contributed by atoms with E-state index in [1.54, 1.807) is 0 Å². The molecule has 0 saturated heterocycles. The van der Waals surface area contributed by atoms with Gasteiger partial charge in [0.15, 0.2) is 5.96 Å². The second kappa shape index (κ2) is 5.52. The molecule has 0 fully saturated rings. The van der Waals surface area contributed by atoms with Crippen LogP contribution >= 0.6 is 0 Å². The Balaban J connectivity index is 0. The Morgan fingerprint density at radius 1 is 1.80 bits per heavy atom. The van der Waals surface area contributed by atoms with E-state index in [1.807, 2.05) is 0 Å². The van der Waals surface area contributed by atoms with E-state index in [0.29, 0.717) is 0 Å². The number of nitrogens with one attached hydrogen (secondary N) is 1. The average Bonchev–Trinajstić information content (AvgIpc) is 1.63. The van der Waals surface area contributed by atoms with Crippen LogP contribution in [0.5, 0.6) is 0 Å². The quantitative estimate of drug-likeness (QED) is 0.235. The SMILES string of the molecule is CN(CC(=O)[O-])C(=N)N.[Na+]. The minimum atomic E-state index is -1.24. The third kappa shape index (κ3) is 5.87. The van der Waals surface area contributed by atoms with E-state index in [4.69, 9.17) is 11.1 Å². The zero-order valence-electron chi connectivity index (χ0n) is 6.05. The molecule has 6 heteroatoms. The zero-order chi connectivity index (χ0) is 7.44. The summed E-state index contributed by atoms with van der Waals surface area (Å²) in [6.45, 7) is -0.338. The standard InChI is InChI=1S/C4H9N3O2.Na/c1-7(4(5)6)2-3(8)9;/h2H2,1H3,(H3,5,6)(H,8,9);/q;+1/p-1. The van der Waals surface area contributed by atoms with Crippen molar-refractivity contribution in [1.29, 1.82) is 5.41 Å². The van der Waals surface area contributed by atoms with Crippen LogP contribution in [-0.4, -0.2) is 30.4 Å². The third-order valence-electron chi connectivity index (χ3n) is 0.778. The van der Waals surface area contributed by atoms with E-state index in [2.05, 4.69) is 0 Å². The van der Waals surface area contributed by atoms with Gasteiger partial charge in [-0.15, -0.1) is 0 Å². The molecule has 0 radical (unpaired) electrons. The van der Waals surface area contributed by atoms with Crippen molar-refractivity contribution in [2.45, 2.75) is 0 Å². The number of aliphatic carboxylic acids is 1. The number of hydrogen-bond donors (Lipinski definition) is 2. The van der Waals surface area contributed by atoms with Crippen molar-refractivity contribution in [3.05, 3.63) is 0 Å². The van der Waals surface area contributed by atoms with Crippen molar-refractivity contribution in [2.24, 2.45) is 5.73 Å². The van der Waals surface area contributed by atoms with E-state index in [-0.39, 0.29) is 42.1 Å². The molecule has 0 aliphatic heterocycles. The molecular formula is C4H8N3NaO2. The average molecular weight is 153 g/mol. The van der Waals surface area contributed by atoms with Crippen molar-refractivity contribution < 1.29 is 39.5 Å². The summed E-state index contributed by atoms with van der Waals surface area (Å²) in [5, 5.41) is 16.5. The summed E-state index contributed by atoms with van der Waals surface area (Å²) in [5.41, 5.74) is 4.90. The number of carboxylic acids is 1. The zero-order valence-corrected chi connectivity index (χ0v) is 8.05. The summed E-state index contributed by atoms with van der Waals surface area (Å²) in [4.78, 5) is 10.9. The fourth-order valence-electron chi connectivity index (χ4n) is 0.279. The molecule has 0 amide bonds. The molecule has 10 heavy (non-hydrogen) atoms. The van der Waals surface area contributed by atoms with E-state index in [9.17, 15) is 9.90 Å². The van der Waals surface area contributed by atoms with E-state index >= 15 is 0 Å². The fraction of sp³-hybridized carbons (Fsp3) is 0.500. The van der Waals surface area contributed by atoms with Gasteiger partial charge < -0.3 is 20.5 Å². The molecule has 0 aromatic rings. The van der Waals surface area contributed by atoms with Crippen molar-refractivity contribution in [1.82, 2.24) is 4.90 Å². The third-order valence-corrected chi connectivity index (χ3v) is 0.778. The molecule has 3 N–H and O–H groups in total. The monoisotopic (exact) mass is 153 g/mol. The Hall–Kier alpha value is -0.260.